The summed E-state index contributed by atoms with van der Waals surface area (Å²) in [5.74, 6) is -1.78. The first-order valence-electron chi connectivity index (χ1n) is 14.3. The van der Waals surface area contributed by atoms with Gasteiger partial charge in [0.2, 0.25) is 5.91 Å². The van der Waals surface area contributed by atoms with Crippen LogP contribution in [0.15, 0.2) is 78.9 Å². The number of nitrogens with one attached hydrogen (secondary N) is 2. The van der Waals surface area contributed by atoms with Gasteiger partial charge < -0.3 is 25.2 Å². The summed E-state index contributed by atoms with van der Waals surface area (Å²) in [6.07, 6.45) is 0.296. The number of carbonyl (C=O) groups excluding carboxylic acids is 2. The number of alkyl carbamates (subject to hydrolysis) is 1. The highest BCUT2D eigenvalue weighted by atomic mass is 16.5. The Balaban J connectivity index is 1.31. The van der Waals surface area contributed by atoms with Crippen LogP contribution in [0.1, 0.15) is 41.9 Å². The Hall–Kier alpha value is -4.21. The minimum Gasteiger partial charge on any atom is -0.480 e. The molecule has 9 heteroatoms. The van der Waals surface area contributed by atoms with Crippen LogP contribution in [0.4, 0.5) is 4.79 Å². The van der Waals surface area contributed by atoms with Gasteiger partial charge in [0.15, 0.2) is 0 Å². The zero-order chi connectivity index (χ0) is 29.5. The Kier molecular flexibility index (Phi) is 9.19. The van der Waals surface area contributed by atoms with Gasteiger partial charge in [-0.2, -0.15) is 0 Å². The first-order chi connectivity index (χ1) is 20.4. The summed E-state index contributed by atoms with van der Waals surface area (Å²) in [6, 6.07) is 24.9. The number of carboxylic acids is 1. The Bertz CT molecular complexity index is 1370. The molecule has 0 bridgehead atoms. The number of carboxylic acid groups (broad SMARTS) is 1. The topological polar surface area (TPSA) is 117 Å². The van der Waals surface area contributed by atoms with Gasteiger partial charge in [0.05, 0.1) is 0 Å². The van der Waals surface area contributed by atoms with Gasteiger partial charge in [0, 0.05) is 39.3 Å². The molecule has 1 fully saturated rings. The van der Waals surface area contributed by atoms with Crippen molar-refractivity contribution >= 4 is 18.0 Å². The van der Waals surface area contributed by atoms with Crippen LogP contribution in [-0.2, 0) is 25.6 Å². The van der Waals surface area contributed by atoms with E-state index >= 15 is 0 Å². The lowest BCUT2D eigenvalue weighted by atomic mass is 9.96. The molecule has 5 rings (SSSR count). The third-order valence-corrected chi connectivity index (χ3v) is 8.16. The number of benzene rings is 3. The fourth-order valence-electron chi connectivity index (χ4n) is 6.02. The molecule has 9 nitrogen and oxygen atoms in total. The minimum atomic E-state index is -1.34. The average Bonchev–Trinajstić information content (AvgIpc) is 3.55. The highest BCUT2D eigenvalue weighted by Crippen LogP contribution is 2.44. The van der Waals surface area contributed by atoms with Crippen molar-refractivity contribution in [3.8, 4) is 11.1 Å². The number of nitrogens with zero attached hydrogens (tertiary/aromatic N) is 1. The number of methoxy groups -OCH3 is 1. The van der Waals surface area contributed by atoms with Crippen molar-refractivity contribution in [3.63, 3.8) is 0 Å². The summed E-state index contributed by atoms with van der Waals surface area (Å²) in [6.45, 7) is 1.86. The van der Waals surface area contributed by atoms with Gasteiger partial charge in [-0.15, -0.1) is 0 Å². The van der Waals surface area contributed by atoms with E-state index in [9.17, 15) is 19.5 Å². The quantitative estimate of drug-likeness (QED) is 0.280. The SMILES string of the molecule is COCCCC(NC(=O)C1(NC(=O)OCC2c3ccccc3-c3ccccc32)CCN(Cc2ccccc2)C1)C(=O)O. The van der Waals surface area contributed by atoms with Crippen LogP contribution in [0.25, 0.3) is 11.1 Å². The molecule has 2 unspecified atom stereocenters. The van der Waals surface area contributed by atoms with Crippen molar-refractivity contribution < 1.29 is 29.0 Å². The van der Waals surface area contributed by atoms with Gasteiger partial charge in [-0.1, -0.05) is 78.9 Å². The second-order valence-electron chi connectivity index (χ2n) is 11.0. The van der Waals surface area contributed by atoms with E-state index in [1.165, 1.54) is 0 Å². The number of amides is 2. The van der Waals surface area contributed by atoms with Crippen LogP contribution < -0.4 is 10.6 Å². The van der Waals surface area contributed by atoms with E-state index in [0.29, 0.717) is 32.5 Å². The molecule has 0 aromatic heterocycles. The molecule has 1 aliphatic heterocycles. The normalized spacial score (nSPS) is 18.6. The van der Waals surface area contributed by atoms with Crippen molar-refractivity contribution in [2.24, 2.45) is 0 Å². The number of aliphatic carboxylic acids is 1. The molecule has 2 aliphatic rings. The highest BCUT2D eigenvalue weighted by Gasteiger charge is 2.47. The average molecular weight is 572 g/mol. The van der Waals surface area contributed by atoms with E-state index < -0.39 is 29.6 Å². The predicted octanol–water partition coefficient (Wildman–Crippen LogP) is 4.17. The van der Waals surface area contributed by atoms with Crippen molar-refractivity contribution in [3.05, 3.63) is 95.6 Å². The lowest BCUT2D eigenvalue weighted by Crippen LogP contribution is -2.62. The van der Waals surface area contributed by atoms with Crippen molar-refractivity contribution in [2.75, 3.05) is 33.4 Å². The van der Waals surface area contributed by atoms with Crippen molar-refractivity contribution in [1.29, 1.82) is 0 Å². The summed E-state index contributed by atoms with van der Waals surface area (Å²) in [5, 5.41) is 15.3. The number of rotatable bonds is 12. The molecule has 2 atom stereocenters. The van der Waals surface area contributed by atoms with Crippen LogP contribution in [0.3, 0.4) is 0 Å². The molecular formula is C33H37N3O6. The van der Waals surface area contributed by atoms with Crippen LogP contribution in [-0.4, -0.2) is 73.0 Å². The predicted molar refractivity (Wildman–Crippen MR) is 158 cm³/mol. The Morgan fingerprint density at radius 3 is 2.26 bits per heavy atom. The smallest absolute Gasteiger partial charge is 0.408 e. The third-order valence-electron chi connectivity index (χ3n) is 8.16. The number of ether oxygens (including phenoxy) is 2. The van der Waals surface area contributed by atoms with Crippen molar-refractivity contribution in [2.45, 2.75) is 43.3 Å². The van der Waals surface area contributed by atoms with Gasteiger partial charge >= 0.3 is 12.1 Å². The molecular weight excluding hydrogens is 534 g/mol. The molecule has 3 N–H and O–H groups in total. The summed E-state index contributed by atoms with van der Waals surface area (Å²) in [5.41, 5.74) is 4.17. The molecule has 42 heavy (non-hydrogen) atoms. The minimum absolute atomic E-state index is 0.111. The van der Waals surface area contributed by atoms with E-state index in [0.717, 1.165) is 27.8 Å². The summed E-state index contributed by atoms with van der Waals surface area (Å²) < 4.78 is 10.8. The maximum Gasteiger partial charge on any atom is 0.408 e. The number of hydrogen-bond donors (Lipinski definition) is 3. The zero-order valence-corrected chi connectivity index (χ0v) is 23.8. The molecule has 0 radical (unpaired) electrons. The fraction of sp³-hybridized carbons (Fsp3) is 0.364. The van der Waals surface area contributed by atoms with Crippen LogP contribution in [0.5, 0.6) is 0 Å². The second-order valence-corrected chi connectivity index (χ2v) is 11.0. The van der Waals surface area contributed by atoms with Crippen LogP contribution in [0, 0.1) is 0 Å². The Morgan fingerprint density at radius 2 is 1.62 bits per heavy atom. The summed E-state index contributed by atoms with van der Waals surface area (Å²) >= 11 is 0. The number of hydrogen-bond acceptors (Lipinski definition) is 6. The van der Waals surface area contributed by atoms with E-state index in [1.807, 2.05) is 66.7 Å². The van der Waals surface area contributed by atoms with Gasteiger partial charge in [-0.05, 0) is 47.1 Å². The Labute approximate surface area is 245 Å². The van der Waals surface area contributed by atoms with Gasteiger partial charge in [-0.3, -0.25) is 9.69 Å². The molecule has 3 aromatic rings. The standard InChI is InChI=1S/C33H37N3O6/c1-41-19-9-16-29(30(37)38)34-31(39)33(17-18-36(22-33)20-23-10-3-2-4-11-23)35-32(40)42-21-28-26-14-7-5-12-24(26)25-13-6-8-15-27(25)28/h2-8,10-15,28-29H,9,16-22H2,1H3,(H,34,39)(H,35,40)(H,37,38). The summed E-state index contributed by atoms with van der Waals surface area (Å²) in [7, 11) is 1.54. The number of carbonyl (C=O) groups is 3. The van der Waals surface area contributed by atoms with Gasteiger partial charge in [-0.25, -0.2) is 9.59 Å². The Morgan fingerprint density at radius 1 is 0.976 bits per heavy atom. The molecule has 0 saturated carbocycles. The number of fused-ring (bicyclic) bond motifs is 3. The molecule has 3 aromatic carbocycles. The lowest BCUT2D eigenvalue weighted by Gasteiger charge is -2.31. The zero-order valence-electron chi connectivity index (χ0n) is 23.8. The molecule has 1 saturated heterocycles. The largest absolute Gasteiger partial charge is 0.480 e. The molecule has 1 aliphatic carbocycles. The van der Waals surface area contributed by atoms with Gasteiger partial charge in [0.25, 0.3) is 0 Å². The monoisotopic (exact) mass is 571 g/mol. The molecule has 1 heterocycles. The fourth-order valence-corrected chi connectivity index (χ4v) is 6.02. The third kappa shape index (κ3) is 6.48. The highest BCUT2D eigenvalue weighted by molar-refractivity contribution is 5.93. The van der Waals surface area contributed by atoms with E-state index in [2.05, 4.69) is 27.7 Å². The maximum absolute atomic E-state index is 13.7. The second kappa shape index (κ2) is 13.2. The van der Waals surface area contributed by atoms with Crippen LogP contribution in [0.2, 0.25) is 0 Å². The van der Waals surface area contributed by atoms with E-state index in [-0.39, 0.29) is 25.5 Å². The first-order valence-corrected chi connectivity index (χ1v) is 14.3. The summed E-state index contributed by atoms with van der Waals surface area (Å²) in [4.78, 5) is 41.1. The van der Waals surface area contributed by atoms with E-state index in [1.54, 1.807) is 7.11 Å². The molecule has 220 valence electrons. The van der Waals surface area contributed by atoms with Gasteiger partial charge in [0.1, 0.15) is 18.2 Å². The van der Waals surface area contributed by atoms with Crippen molar-refractivity contribution in [1.82, 2.24) is 15.5 Å². The molecule has 2 amide bonds. The molecule has 0 spiro atoms. The lowest BCUT2D eigenvalue weighted by molar-refractivity contribution is -0.143. The number of likely N-dealkylation sites (tertiary alicyclic amines) is 1. The van der Waals surface area contributed by atoms with Crippen LogP contribution >= 0.6 is 0 Å². The van der Waals surface area contributed by atoms with E-state index in [4.69, 9.17) is 9.47 Å². The maximum atomic E-state index is 13.7. The first kappa shape index (κ1) is 29.3.